The van der Waals surface area contributed by atoms with Gasteiger partial charge in [-0.15, -0.1) is 0 Å². The van der Waals surface area contributed by atoms with Crippen LogP contribution in [-0.4, -0.2) is 48.7 Å². The molecule has 13 heavy (non-hydrogen) atoms. The summed E-state index contributed by atoms with van der Waals surface area (Å²) in [5.74, 6) is -0.981. The van der Waals surface area contributed by atoms with Crippen molar-refractivity contribution in [3.63, 3.8) is 0 Å². The summed E-state index contributed by atoms with van der Waals surface area (Å²) in [5.41, 5.74) is 0. The second kappa shape index (κ2) is 7.72. The highest BCUT2D eigenvalue weighted by molar-refractivity contribution is 5.78. The largest absolute Gasteiger partial charge is 0.478 e. The van der Waals surface area contributed by atoms with E-state index in [1.54, 1.807) is 0 Å². The van der Waals surface area contributed by atoms with Crippen molar-refractivity contribution >= 4 is 5.97 Å². The highest BCUT2D eigenvalue weighted by atomic mass is 16.6. The predicted octanol–water partition coefficient (Wildman–Crippen LogP) is -0.349. The summed E-state index contributed by atoms with van der Waals surface area (Å²) in [6, 6.07) is 0. The van der Waals surface area contributed by atoms with Gasteiger partial charge in [0, 0.05) is 6.08 Å². The van der Waals surface area contributed by atoms with Crippen molar-refractivity contribution in [3.8, 4) is 0 Å². The van der Waals surface area contributed by atoms with Crippen LogP contribution in [0, 0.1) is 0 Å². The fourth-order valence-corrected chi connectivity index (χ4v) is 0.444. The monoisotopic (exact) mass is 190 g/mol. The van der Waals surface area contributed by atoms with Crippen LogP contribution < -0.4 is 0 Å². The molecular formula is C8H14O5. The second-order valence-electron chi connectivity index (χ2n) is 2.30. The topological polar surface area (TPSA) is 79.3 Å². The average molecular weight is 190 g/mol. The molecule has 1 fully saturated rings. The summed E-state index contributed by atoms with van der Waals surface area (Å²) >= 11 is 0. The molecule has 1 aliphatic rings. The molecule has 0 radical (unpaired) electrons. The Morgan fingerprint density at radius 2 is 2.31 bits per heavy atom. The average Bonchev–Trinajstić information content (AvgIpc) is 2.90. The van der Waals surface area contributed by atoms with Gasteiger partial charge in [-0.25, -0.2) is 4.79 Å². The minimum Gasteiger partial charge on any atom is -0.478 e. The maximum Gasteiger partial charge on any atom is 0.327 e. The number of rotatable bonds is 5. The Morgan fingerprint density at radius 3 is 2.62 bits per heavy atom. The number of hydrogen-bond acceptors (Lipinski definition) is 4. The molecule has 1 atom stereocenters. The highest BCUT2D eigenvalue weighted by Crippen LogP contribution is 2.07. The molecule has 0 amide bonds. The van der Waals surface area contributed by atoms with Gasteiger partial charge in [-0.05, 0) is 0 Å². The molecule has 1 rings (SSSR count). The van der Waals surface area contributed by atoms with Gasteiger partial charge in [0.15, 0.2) is 0 Å². The Hall–Kier alpha value is -0.910. The van der Waals surface area contributed by atoms with Crippen LogP contribution in [0.15, 0.2) is 12.7 Å². The maximum absolute atomic E-state index is 9.25. The molecule has 2 N–H and O–H groups in total. The SMILES string of the molecule is C=CC(=O)O.OCCOCC1CO1. The molecule has 1 aliphatic heterocycles. The number of epoxide rings is 1. The Morgan fingerprint density at radius 1 is 1.77 bits per heavy atom. The zero-order valence-electron chi connectivity index (χ0n) is 7.31. The lowest BCUT2D eigenvalue weighted by Crippen LogP contribution is -2.04. The van der Waals surface area contributed by atoms with Gasteiger partial charge in [-0.3, -0.25) is 0 Å². The number of carboxylic acid groups (broad SMARTS) is 1. The van der Waals surface area contributed by atoms with E-state index < -0.39 is 5.97 Å². The normalized spacial score (nSPS) is 18.4. The molecule has 5 heteroatoms. The molecule has 5 nitrogen and oxygen atoms in total. The third-order valence-electron chi connectivity index (χ3n) is 1.12. The van der Waals surface area contributed by atoms with E-state index in [-0.39, 0.29) is 6.61 Å². The molecule has 0 aliphatic carbocycles. The van der Waals surface area contributed by atoms with Crippen LogP contribution in [-0.2, 0) is 14.3 Å². The van der Waals surface area contributed by atoms with E-state index in [4.69, 9.17) is 19.7 Å². The van der Waals surface area contributed by atoms with Crippen LogP contribution in [0.2, 0.25) is 0 Å². The first-order valence-corrected chi connectivity index (χ1v) is 3.86. The van der Waals surface area contributed by atoms with Gasteiger partial charge in [0.2, 0.25) is 0 Å². The molecule has 0 aromatic heterocycles. The lowest BCUT2D eigenvalue weighted by Gasteiger charge is -1.95. The number of aliphatic carboxylic acids is 1. The molecule has 1 saturated heterocycles. The van der Waals surface area contributed by atoms with Crippen LogP contribution in [0.25, 0.3) is 0 Å². The van der Waals surface area contributed by atoms with E-state index in [9.17, 15) is 4.79 Å². The van der Waals surface area contributed by atoms with Gasteiger partial charge in [0.05, 0.1) is 26.4 Å². The first kappa shape index (κ1) is 12.1. The molecular weight excluding hydrogens is 176 g/mol. The van der Waals surface area contributed by atoms with Crippen molar-refractivity contribution < 1.29 is 24.5 Å². The van der Waals surface area contributed by atoms with Gasteiger partial charge in [0.25, 0.3) is 0 Å². The van der Waals surface area contributed by atoms with Gasteiger partial charge in [-0.1, -0.05) is 6.58 Å². The summed E-state index contributed by atoms with van der Waals surface area (Å²) < 4.78 is 9.78. The van der Waals surface area contributed by atoms with Gasteiger partial charge in [0.1, 0.15) is 6.10 Å². The van der Waals surface area contributed by atoms with E-state index in [0.717, 1.165) is 12.7 Å². The van der Waals surface area contributed by atoms with Crippen LogP contribution >= 0.6 is 0 Å². The molecule has 0 spiro atoms. The third kappa shape index (κ3) is 11.1. The maximum atomic E-state index is 9.25. The molecule has 0 aromatic carbocycles. The number of aliphatic hydroxyl groups is 1. The fraction of sp³-hybridized carbons (Fsp3) is 0.625. The second-order valence-corrected chi connectivity index (χ2v) is 2.30. The fourth-order valence-electron chi connectivity index (χ4n) is 0.444. The highest BCUT2D eigenvalue weighted by Gasteiger charge is 2.21. The lowest BCUT2D eigenvalue weighted by molar-refractivity contribution is -0.131. The summed E-state index contributed by atoms with van der Waals surface area (Å²) in [6.45, 7) is 4.96. The molecule has 76 valence electrons. The molecule has 0 aromatic rings. The smallest absolute Gasteiger partial charge is 0.327 e. The van der Waals surface area contributed by atoms with Gasteiger partial charge < -0.3 is 19.7 Å². The summed E-state index contributed by atoms with van der Waals surface area (Å²) in [5, 5.41) is 15.8. The minimum absolute atomic E-state index is 0.104. The van der Waals surface area contributed by atoms with Crippen LogP contribution in [0.4, 0.5) is 0 Å². The van der Waals surface area contributed by atoms with Crippen molar-refractivity contribution in [1.82, 2.24) is 0 Å². The van der Waals surface area contributed by atoms with Crippen LogP contribution in [0.5, 0.6) is 0 Å². The molecule has 1 heterocycles. The molecule has 0 bridgehead atoms. The van der Waals surface area contributed by atoms with E-state index >= 15 is 0 Å². The van der Waals surface area contributed by atoms with E-state index in [0.29, 0.717) is 19.3 Å². The number of ether oxygens (including phenoxy) is 2. The Labute approximate surface area is 76.6 Å². The third-order valence-corrected chi connectivity index (χ3v) is 1.12. The van der Waals surface area contributed by atoms with Crippen LogP contribution in [0.3, 0.4) is 0 Å². The zero-order chi connectivity index (χ0) is 10.1. The number of hydrogen-bond donors (Lipinski definition) is 2. The Kier molecular flexibility index (Phi) is 7.18. The minimum atomic E-state index is -0.981. The number of carbonyl (C=O) groups is 1. The van der Waals surface area contributed by atoms with Crippen molar-refractivity contribution in [3.05, 3.63) is 12.7 Å². The summed E-state index contributed by atoms with van der Waals surface area (Å²) in [7, 11) is 0. The summed E-state index contributed by atoms with van der Waals surface area (Å²) in [4.78, 5) is 9.25. The van der Waals surface area contributed by atoms with Crippen molar-refractivity contribution in [2.24, 2.45) is 0 Å². The standard InChI is InChI=1S/C5H10O3.C3H4O2/c6-1-2-7-3-5-4-8-5;1-2-3(4)5/h5-6H,1-4H2;2H,1H2,(H,4,5). The van der Waals surface area contributed by atoms with E-state index in [1.807, 2.05) is 0 Å². The van der Waals surface area contributed by atoms with Crippen molar-refractivity contribution in [2.45, 2.75) is 6.10 Å². The quantitative estimate of drug-likeness (QED) is 0.352. The predicted molar refractivity (Wildman–Crippen MR) is 45.5 cm³/mol. The molecule has 0 saturated carbocycles. The summed E-state index contributed by atoms with van der Waals surface area (Å²) in [6.07, 6.45) is 1.15. The van der Waals surface area contributed by atoms with E-state index in [2.05, 4.69) is 6.58 Å². The lowest BCUT2D eigenvalue weighted by atomic mass is 10.5. The van der Waals surface area contributed by atoms with Gasteiger partial charge >= 0.3 is 5.97 Å². The van der Waals surface area contributed by atoms with Gasteiger partial charge in [-0.2, -0.15) is 0 Å². The van der Waals surface area contributed by atoms with E-state index in [1.165, 1.54) is 0 Å². The Bertz CT molecular complexity index is 153. The Balaban J connectivity index is 0.000000252. The molecule has 1 unspecified atom stereocenters. The first-order valence-electron chi connectivity index (χ1n) is 3.86. The van der Waals surface area contributed by atoms with Crippen molar-refractivity contribution in [2.75, 3.05) is 26.4 Å². The number of carboxylic acids is 1. The van der Waals surface area contributed by atoms with Crippen molar-refractivity contribution in [1.29, 1.82) is 0 Å². The first-order chi connectivity index (χ1) is 6.20. The zero-order valence-corrected chi connectivity index (χ0v) is 7.31. The number of aliphatic hydroxyl groups excluding tert-OH is 1. The van der Waals surface area contributed by atoms with Crippen LogP contribution in [0.1, 0.15) is 0 Å².